The van der Waals surface area contributed by atoms with E-state index >= 15 is 0 Å². The highest BCUT2D eigenvalue weighted by molar-refractivity contribution is 5.84. The zero-order valence-corrected chi connectivity index (χ0v) is 15.4. The largest absolute Gasteiger partial charge is 0.508 e. The Morgan fingerprint density at radius 3 is 2.84 bits per heavy atom. The number of rotatable bonds is 2. The van der Waals surface area contributed by atoms with Gasteiger partial charge in [-0.15, -0.1) is 0 Å². The molecule has 3 aliphatic carbocycles. The van der Waals surface area contributed by atoms with E-state index in [-0.39, 0.29) is 11.3 Å². The van der Waals surface area contributed by atoms with Crippen molar-refractivity contribution in [3.63, 3.8) is 0 Å². The highest BCUT2D eigenvalue weighted by Gasteiger charge is 2.59. The van der Waals surface area contributed by atoms with Crippen molar-refractivity contribution >= 4 is 5.78 Å². The quantitative estimate of drug-likeness (QED) is 0.896. The van der Waals surface area contributed by atoms with E-state index in [1.54, 1.807) is 0 Å². The number of phenols is 1. The minimum absolute atomic E-state index is 0.0416. The van der Waals surface area contributed by atoms with Crippen LogP contribution >= 0.6 is 0 Å². The predicted molar refractivity (Wildman–Crippen MR) is 97.6 cm³/mol. The fraction of sp³-hybridized carbons (Fsp3) is 0.682. The van der Waals surface area contributed by atoms with Crippen molar-refractivity contribution in [3.05, 3.63) is 29.3 Å². The standard InChI is InChI=1S/C22H29NO2/c1-13-14(2)21-19-9-16-5-6-17(24)10-18(16)22(21,11-20(13)25)7-8-23(19)12-15-3-4-15/h5-6,10,13-15,19,21,24H,3-4,7-9,11-12H2,1-2H3/t13?,14?,19-,21+,22-/m1/s1. The molecule has 1 heterocycles. The van der Waals surface area contributed by atoms with Crippen LogP contribution in [0.1, 0.15) is 50.7 Å². The lowest BCUT2D eigenvalue weighted by molar-refractivity contribution is -0.138. The van der Waals surface area contributed by atoms with Gasteiger partial charge in [0, 0.05) is 30.3 Å². The van der Waals surface area contributed by atoms with E-state index in [1.807, 2.05) is 12.1 Å². The molecule has 0 aromatic heterocycles. The summed E-state index contributed by atoms with van der Waals surface area (Å²) < 4.78 is 0. The summed E-state index contributed by atoms with van der Waals surface area (Å²) in [4.78, 5) is 15.6. The molecule has 1 aromatic carbocycles. The van der Waals surface area contributed by atoms with Gasteiger partial charge in [0.25, 0.3) is 0 Å². The molecule has 0 spiro atoms. The van der Waals surface area contributed by atoms with Crippen molar-refractivity contribution in [1.82, 2.24) is 4.90 Å². The van der Waals surface area contributed by atoms with Crippen molar-refractivity contribution in [1.29, 1.82) is 0 Å². The third-order valence-electron chi connectivity index (χ3n) is 7.97. The predicted octanol–water partition coefficient (Wildman–Crippen LogP) is 3.53. The second-order valence-electron chi connectivity index (χ2n) is 9.27. The number of phenolic OH excluding ortho intramolecular Hbond substituents is 1. The summed E-state index contributed by atoms with van der Waals surface area (Å²) in [6.45, 7) is 6.81. The van der Waals surface area contributed by atoms with Crippen LogP contribution in [0.3, 0.4) is 0 Å². The van der Waals surface area contributed by atoms with Crippen molar-refractivity contribution in [2.75, 3.05) is 13.1 Å². The molecule has 1 aromatic rings. The summed E-state index contributed by atoms with van der Waals surface area (Å²) in [5.74, 6) is 2.82. The summed E-state index contributed by atoms with van der Waals surface area (Å²) >= 11 is 0. The van der Waals surface area contributed by atoms with Gasteiger partial charge in [-0.1, -0.05) is 19.9 Å². The smallest absolute Gasteiger partial charge is 0.136 e. The number of piperidine rings is 1. The molecule has 4 aliphatic rings. The summed E-state index contributed by atoms with van der Waals surface area (Å²) in [5, 5.41) is 10.1. The number of hydrogen-bond acceptors (Lipinski definition) is 3. The van der Waals surface area contributed by atoms with Crippen molar-refractivity contribution in [2.24, 2.45) is 23.7 Å². The highest BCUT2D eigenvalue weighted by atomic mass is 16.3. The zero-order valence-electron chi connectivity index (χ0n) is 15.4. The molecule has 3 nitrogen and oxygen atoms in total. The number of Topliss-reactive ketones (excluding diaryl/α,β-unsaturated/α-hetero) is 1. The molecular weight excluding hydrogens is 310 g/mol. The molecular formula is C22H29NO2. The van der Waals surface area contributed by atoms with Gasteiger partial charge in [-0.3, -0.25) is 9.69 Å². The van der Waals surface area contributed by atoms with E-state index in [9.17, 15) is 9.90 Å². The number of carbonyl (C=O) groups excluding carboxylic acids is 1. The molecule has 2 unspecified atom stereocenters. The second kappa shape index (κ2) is 5.33. The minimum Gasteiger partial charge on any atom is -0.508 e. The molecule has 3 fully saturated rings. The first-order valence-electron chi connectivity index (χ1n) is 10.1. The van der Waals surface area contributed by atoms with Gasteiger partial charge in [0.1, 0.15) is 11.5 Å². The zero-order chi connectivity index (χ0) is 17.3. The fourth-order valence-corrected chi connectivity index (χ4v) is 6.36. The van der Waals surface area contributed by atoms with Crippen LogP contribution in [0.25, 0.3) is 0 Å². The Morgan fingerprint density at radius 2 is 2.08 bits per heavy atom. The first-order valence-corrected chi connectivity index (χ1v) is 10.1. The summed E-state index contributed by atoms with van der Waals surface area (Å²) in [5.41, 5.74) is 2.61. The second-order valence-corrected chi connectivity index (χ2v) is 9.27. The summed E-state index contributed by atoms with van der Waals surface area (Å²) in [6, 6.07) is 6.49. The monoisotopic (exact) mass is 339 g/mol. The lowest BCUT2D eigenvalue weighted by Gasteiger charge is -2.61. The average Bonchev–Trinajstić information content (AvgIpc) is 3.40. The van der Waals surface area contributed by atoms with Crippen LogP contribution in [-0.4, -0.2) is 34.9 Å². The van der Waals surface area contributed by atoms with Gasteiger partial charge in [-0.25, -0.2) is 0 Å². The van der Waals surface area contributed by atoms with E-state index in [0.29, 0.717) is 35.8 Å². The lowest BCUT2D eigenvalue weighted by atomic mass is 9.47. The maximum atomic E-state index is 12.8. The number of carbonyl (C=O) groups is 1. The number of likely N-dealkylation sites (tertiary alicyclic amines) is 1. The number of aromatic hydroxyl groups is 1. The number of hydrogen-bond donors (Lipinski definition) is 1. The van der Waals surface area contributed by atoms with E-state index in [2.05, 4.69) is 24.8 Å². The molecule has 1 aliphatic heterocycles. The van der Waals surface area contributed by atoms with Crippen LogP contribution in [0.5, 0.6) is 5.75 Å². The van der Waals surface area contributed by atoms with Crippen LogP contribution in [0, 0.1) is 23.7 Å². The molecule has 0 radical (unpaired) electrons. The summed E-state index contributed by atoms with van der Waals surface area (Å²) in [7, 11) is 0. The Bertz CT molecular complexity index is 725. The van der Waals surface area contributed by atoms with E-state index < -0.39 is 0 Å². The lowest BCUT2D eigenvalue weighted by Crippen LogP contribution is -2.65. The highest BCUT2D eigenvalue weighted by Crippen LogP contribution is 2.58. The first kappa shape index (κ1) is 15.9. The maximum Gasteiger partial charge on any atom is 0.136 e. The first-order chi connectivity index (χ1) is 12.0. The van der Waals surface area contributed by atoms with Crippen molar-refractivity contribution in [3.8, 4) is 5.75 Å². The molecule has 5 atom stereocenters. The Morgan fingerprint density at radius 1 is 1.28 bits per heavy atom. The van der Waals surface area contributed by atoms with Crippen molar-refractivity contribution < 1.29 is 9.90 Å². The summed E-state index contributed by atoms with van der Waals surface area (Å²) in [6.07, 6.45) is 5.62. The molecule has 1 N–H and O–H groups in total. The van der Waals surface area contributed by atoms with Crippen LogP contribution in [0.2, 0.25) is 0 Å². The van der Waals surface area contributed by atoms with Gasteiger partial charge in [-0.05, 0) is 73.2 Å². The molecule has 3 heteroatoms. The Balaban J connectivity index is 1.64. The van der Waals surface area contributed by atoms with Gasteiger partial charge in [0.2, 0.25) is 0 Å². The number of ketones is 1. The van der Waals surface area contributed by atoms with Gasteiger partial charge >= 0.3 is 0 Å². The molecule has 2 saturated carbocycles. The number of benzene rings is 1. The third-order valence-corrected chi connectivity index (χ3v) is 7.97. The topological polar surface area (TPSA) is 40.5 Å². The average molecular weight is 339 g/mol. The van der Waals surface area contributed by atoms with Crippen LogP contribution in [-0.2, 0) is 16.6 Å². The molecule has 2 bridgehead atoms. The SMILES string of the molecule is CC1C(=O)C[C@]23CCN(CC4CC4)[C@H](Cc4ccc(O)cc42)[C@@H]3C1C. The van der Waals surface area contributed by atoms with Gasteiger partial charge in [0.15, 0.2) is 0 Å². The molecule has 5 rings (SSSR count). The minimum atomic E-state index is -0.0416. The van der Waals surface area contributed by atoms with Crippen LogP contribution in [0.15, 0.2) is 18.2 Å². The Labute approximate surface area is 150 Å². The normalized spacial score (nSPS) is 40.5. The Hall–Kier alpha value is -1.35. The molecule has 0 amide bonds. The van der Waals surface area contributed by atoms with Gasteiger partial charge < -0.3 is 5.11 Å². The van der Waals surface area contributed by atoms with E-state index in [4.69, 9.17) is 0 Å². The van der Waals surface area contributed by atoms with Crippen LogP contribution in [0.4, 0.5) is 0 Å². The van der Waals surface area contributed by atoms with Crippen molar-refractivity contribution in [2.45, 2.75) is 57.4 Å². The van der Waals surface area contributed by atoms with Gasteiger partial charge in [-0.2, -0.15) is 0 Å². The van der Waals surface area contributed by atoms with E-state index in [1.165, 1.54) is 30.5 Å². The van der Waals surface area contributed by atoms with Gasteiger partial charge in [0.05, 0.1) is 0 Å². The fourth-order valence-electron chi connectivity index (χ4n) is 6.36. The Kier molecular flexibility index (Phi) is 3.38. The molecule has 134 valence electrons. The van der Waals surface area contributed by atoms with Crippen LogP contribution < -0.4 is 0 Å². The maximum absolute atomic E-state index is 12.8. The van der Waals surface area contributed by atoms with E-state index in [0.717, 1.165) is 25.3 Å². The molecule has 25 heavy (non-hydrogen) atoms. The number of fused-ring (bicyclic) bond motifs is 1. The third kappa shape index (κ3) is 2.24. The number of nitrogens with zero attached hydrogens (tertiary/aromatic N) is 1. The molecule has 1 saturated heterocycles.